The van der Waals surface area contributed by atoms with Gasteiger partial charge >= 0.3 is 0 Å². The molecule has 0 aliphatic heterocycles. The lowest BCUT2D eigenvalue weighted by Crippen LogP contribution is -2.22. The molecule has 0 saturated heterocycles. The Hall–Kier alpha value is -2.30. The zero-order valence-corrected chi connectivity index (χ0v) is 20.4. The van der Waals surface area contributed by atoms with E-state index >= 15 is 0 Å². The average Bonchev–Trinajstić information content (AvgIpc) is 3.24. The highest BCUT2D eigenvalue weighted by atomic mass is 127. The summed E-state index contributed by atoms with van der Waals surface area (Å²) < 4.78 is 23.2. The zero-order chi connectivity index (χ0) is 21.5. The van der Waals surface area contributed by atoms with Crippen LogP contribution in [0.4, 0.5) is 4.39 Å². The zero-order valence-electron chi connectivity index (χ0n) is 15.8. The Balaban J connectivity index is 1.49. The molecule has 0 spiro atoms. The molecule has 0 saturated carbocycles. The van der Waals surface area contributed by atoms with Crippen molar-refractivity contribution in [1.82, 2.24) is 9.38 Å². The van der Waals surface area contributed by atoms with Crippen LogP contribution in [0.3, 0.4) is 0 Å². The predicted octanol–water partition coefficient (Wildman–Crippen LogP) is 5.54. The predicted molar refractivity (Wildman–Crippen MR) is 133 cm³/mol. The van der Waals surface area contributed by atoms with Gasteiger partial charge in [0.1, 0.15) is 18.2 Å². The maximum atomic E-state index is 13.4. The van der Waals surface area contributed by atoms with Gasteiger partial charge in [0.2, 0.25) is 0 Å². The molecular formula is C23H13BrFIN2O2S. The molecule has 0 amide bonds. The van der Waals surface area contributed by atoms with Crippen LogP contribution in [0.5, 0.6) is 5.75 Å². The van der Waals surface area contributed by atoms with Crippen LogP contribution in [0.15, 0.2) is 69.9 Å². The maximum absolute atomic E-state index is 13.4. The fourth-order valence-corrected chi connectivity index (χ4v) is 6.10. The largest absolute Gasteiger partial charge is 0.487 e. The minimum atomic E-state index is -0.289. The van der Waals surface area contributed by atoms with Crippen molar-refractivity contribution >= 4 is 71.9 Å². The number of fused-ring (bicyclic) bond motifs is 3. The van der Waals surface area contributed by atoms with Crippen molar-refractivity contribution in [3.05, 3.63) is 101 Å². The van der Waals surface area contributed by atoms with E-state index in [2.05, 4.69) is 43.5 Å². The number of aromatic nitrogens is 2. The van der Waals surface area contributed by atoms with Crippen LogP contribution in [0.1, 0.15) is 11.1 Å². The molecule has 0 radical (unpaired) electrons. The van der Waals surface area contributed by atoms with Gasteiger partial charge in [0.05, 0.1) is 23.6 Å². The van der Waals surface area contributed by atoms with Crippen LogP contribution in [0.2, 0.25) is 0 Å². The van der Waals surface area contributed by atoms with E-state index < -0.39 is 0 Å². The topological polar surface area (TPSA) is 43.6 Å². The minimum absolute atomic E-state index is 0.0775. The van der Waals surface area contributed by atoms with E-state index in [1.54, 1.807) is 10.5 Å². The van der Waals surface area contributed by atoms with Crippen molar-refractivity contribution in [2.45, 2.75) is 6.61 Å². The second-order valence-corrected chi connectivity index (χ2v) is 9.89. The standard InChI is InChI=1S/C23H13BrFIN2O2S/c24-16-9-14(10-17(26)21(16)30-12-13-4-3-5-15(25)8-13)11-20-22(29)28-19-7-2-1-6-18(19)27-23(28)31-20/h1-11H,12H2/b20-11-. The number of thiazole rings is 1. The Morgan fingerprint density at radius 2 is 2.00 bits per heavy atom. The molecule has 5 aromatic rings. The van der Waals surface area contributed by atoms with Gasteiger partial charge in [-0.2, -0.15) is 0 Å². The number of imidazole rings is 1. The molecule has 0 atom stereocenters. The smallest absolute Gasteiger partial charge is 0.274 e. The van der Waals surface area contributed by atoms with Gasteiger partial charge in [-0.05, 0) is 92.1 Å². The van der Waals surface area contributed by atoms with E-state index in [0.717, 1.165) is 30.2 Å². The van der Waals surface area contributed by atoms with Gasteiger partial charge in [0.15, 0.2) is 4.96 Å². The van der Waals surface area contributed by atoms with Gasteiger partial charge in [-0.25, -0.2) is 13.8 Å². The highest BCUT2D eigenvalue weighted by Gasteiger charge is 2.12. The normalized spacial score (nSPS) is 12.2. The molecule has 2 heterocycles. The quantitative estimate of drug-likeness (QED) is 0.252. The maximum Gasteiger partial charge on any atom is 0.274 e. The monoisotopic (exact) mass is 606 g/mol. The highest BCUT2D eigenvalue weighted by molar-refractivity contribution is 14.1. The molecule has 0 fully saturated rings. The van der Waals surface area contributed by atoms with Crippen LogP contribution in [0.25, 0.3) is 22.1 Å². The van der Waals surface area contributed by atoms with Crippen molar-refractivity contribution in [3.63, 3.8) is 0 Å². The Labute approximate surface area is 202 Å². The fourth-order valence-electron chi connectivity index (χ4n) is 3.35. The third kappa shape index (κ3) is 3.99. The SMILES string of the molecule is O=c1/c(=C/c2cc(Br)c(OCc3cccc(F)c3)c(I)c2)sc2nc3ccccc3n12. The summed E-state index contributed by atoms with van der Waals surface area (Å²) in [6.07, 6.45) is 1.86. The summed E-state index contributed by atoms with van der Waals surface area (Å²) >= 11 is 7.13. The van der Waals surface area contributed by atoms with Crippen molar-refractivity contribution < 1.29 is 9.13 Å². The Kier molecular flexibility index (Phi) is 5.53. The number of halogens is 3. The number of nitrogens with zero attached hydrogens (tertiary/aromatic N) is 2. The van der Waals surface area contributed by atoms with Crippen LogP contribution < -0.4 is 14.8 Å². The summed E-state index contributed by atoms with van der Waals surface area (Å²) in [6, 6.07) is 17.8. The molecule has 5 rings (SSSR count). The second-order valence-electron chi connectivity index (χ2n) is 6.87. The summed E-state index contributed by atoms with van der Waals surface area (Å²) in [7, 11) is 0. The molecule has 8 heteroatoms. The van der Waals surface area contributed by atoms with Gasteiger partial charge in [-0.1, -0.05) is 35.6 Å². The lowest BCUT2D eigenvalue weighted by Gasteiger charge is -2.11. The van der Waals surface area contributed by atoms with E-state index in [1.165, 1.54) is 23.5 Å². The van der Waals surface area contributed by atoms with Crippen molar-refractivity contribution in [1.29, 1.82) is 0 Å². The number of benzene rings is 3. The molecule has 0 aliphatic carbocycles. The van der Waals surface area contributed by atoms with Gasteiger partial charge < -0.3 is 4.74 Å². The van der Waals surface area contributed by atoms with Crippen molar-refractivity contribution in [2.24, 2.45) is 0 Å². The van der Waals surface area contributed by atoms with E-state index in [-0.39, 0.29) is 18.0 Å². The Morgan fingerprint density at radius 1 is 1.16 bits per heavy atom. The number of rotatable bonds is 4. The Bertz CT molecular complexity index is 1540. The van der Waals surface area contributed by atoms with Gasteiger partial charge in [0.25, 0.3) is 5.56 Å². The first-order valence-corrected chi connectivity index (χ1v) is 12.0. The lowest BCUT2D eigenvalue weighted by molar-refractivity contribution is 0.301. The summed E-state index contributed by atoms with van der Waals surface area (Å²) in [6.45, 7) is 0.259. The van der Waals surface area contributed by atoms with Crippen LogP contribution in [-0.2, 0) is 6.61 Å². The molecule has 3 aromatic carbocycles. The molecule has 154 valence electrons. The fraction of sp³-hybridized carbons (Fsp3) is 0.0435. The second kappa shape index (κ2) is 8.33. The molecule has 4 nitrogen and oxygen atoms in total. The molecular weight excluding hydrogens is 594 g/mol. The van der Waals surface area contributed by atoms with Crippen molar-refractivity contribution in [3.8, 4) is 5.75 Å². The van der Waals surface area contributed by atoms with E-state index in [4.69, 9.17) is 4.74 Å². The van der Waals surface area contributed by atoms with E-state index in [0.29, 0.717) is 15.2 Å². The van der Waals surface area contributed by atoms with E-state index in [9.17, 15) is 9.18 Å². The molecule has 31 heavy (non-hydrogen) atoms. The first-order valence-electron chi connectivity index (χ1n) is 9.27. The summed E-state index contributed by atoms with van der Waals surface area (Å²) in [5.74, 6) is 0.389. The third-order valence-corrected chi connectivity index (χ3v) is 7.09. The molecule has 0 bridgehead atoms. The first kappa shape index (κ1) is 20.6. The van der Waals surface area contributed by atoms with E-state index in [1.807, 2.05) is 48.5 Å². The third-order valence-electron chi connectivity index (χ3n) is 4.74. The van der Waals surface area contributed by atoms with Gasteiger partial charge in [-0.15, -0.1) is 0 Å². The highest BCUT2D eigenvalue weighted by Crippen LogP contribution is 2.33. The summed E-state index contributed by atoms with van der Waals surface area (Å²) in [5, 5.41) is 0. The van der Waals surface area contributed by atoms with Gasteiger partial charge in [-0.3, -0.25) is 4.79 Å². The average molecular weight is 607 g/mol. The van der Waals surface area contributed by atoms with Gasteiger partial charge in [0, 0.05) is 0 Å². The number of ether oxygens (including phenoxy) is 1. The molecule has 0 aliphatic rings. The molecule has 2 aromatic heterocycles. The number of hydrogen-bond donors (Lipinski definition) is 0. The van der Waals surface area contributed by atoms with Crippen LogP contribution in [-0.4, -0.2) is 9.38 Å². The van der Waals surface area contributed by atoms with Crippen LogP contribution >= 0.6 is 49.9 Å². The minimum Gasteiger partial charge on any atom is -0.487 e. The number of hydrogen-bond acceptors (Lipinski definition) is 4. The molecule has 0 N–H and O–H groups in total. The summed E-state index contributed by atoms with van der Waals surface area (Å²) in [5.41, 5.74) is 3.18. The lowest BCUT2D eigenvalue weighted by atomic mass is 10.2. The van der Waals surface area contributed by atoms with Crippen molar-refractivity contribution in [2.75, 3.05) is 0 Å². The molecule has 0 unspecified atom stereocenters. The first-order chi connectivity index (χ1) is 15.0. The summed E-state index contributed by atoms with van der Waals surface area (Å²) in [4.78, 5) is 18.2. The number of para-hydroxylation sites is 2. The van der Waals surface area contributed by atoms with Crippen LogP contribution in [0, 0.1) is 9.39 Å². The Morgan fingerprint density at radius 3 is 2.81 bits per heavy atom.